The average Bonchev–Trinajstić information content (AvgIpc) is 2.54. The zero-order chi connectivity index (χ0) is 15.8. The first-order chi connectivity index (χ1) is 10.7. The van der Waals surface area contributed by atoms with Crippen molar-refractivity contribution < 1.29 is 19.4 Å². The van der Waals surface area contributed by atoms with Gasteiger partial charge in [-0.25, -0.2) is 0 Å². The Labute approximate surface area is 130 Å². The van der Waals surface area contributed by atoms with Gasteiger partial charge < -0.3 is 19.4 Å². The van der Waals surface area contributed by atoms with E-state index in [0.29, 0.717) is 13.2 Å². The fraction of sp³-hybridized carbons (Fsp3) is 0.278. The molecule has 0 spiro atoms. The van der Waals surface area contributed by atoms with Crippen molar-refractivity contribution >= 4 is 5.97 Å². The quantitative estimate of drug-likeness (QED) is 0.747. The molecule has 2 aromatic carbocycles. The van der Waals surface area contributed by atoms with Crippen LogP contribution in [0, 0.1) is 0 Å². The van der Waals surface area contributed by atoms with Crippen LogP contribution in [0.25, 0.3) is 0 Å². The zero-order valence-electron chi connectivity index (χ0n) is 12.5. The molecule has 0 bridgehead atoms. The topological polar surface area (TPSA) is 58.6 Å². The fourth-order valence-corrected chi connectivity index (χ4v) is 2.09. The highest BCUT2D eigenvalue weighted by molar-refractivity contribution is 5.70. The molecule has 0 aromatic heterocycles. The van der Waals surface area contributed by atoms with Crippen LogP contribution in [-0.4, -0.2) is 18.7 Å². The minimum atomic E-state index is -1.19. The molecule has 1 atom stereocenters. The summed E-state index contributed by atoms with van der Waals surface area (Å²) in [4.78, 5) is 11.0. The number of carboxylic acid groups (broad SMARTS) is 1. The number of rotatable bonds is 8. The Morgan fingerprint density at radius 1 is 1.05 bits per heavy atom. The van der Waals surface area contributed by atoms with Crippen molar-refractivity contribution in [3.8, 4) is 5.75 Å². The largest absolute Gasteiger partial charge is 0.547 e. The van der Waals surface area contributed by atoms with Crippen molar-refractivity contribution in [3.63, 3.8) is 0 Å². The molecule has 0 heterocycles. The van der Waals surface area contributed by atoms with E-state index < -0.39 is 12.1 Å². The second kappa shape index (κ2) is 8.20. The Morgan fingerprint density at radius 3 is 2.32 bits per heavy atom. The number of benzene rings is 2. The summed E-state index contributed by atoms with van der Waals surface area (Å²) in [7, 11) is 0. The van der Waals surface area contributed by atoms with Crippen LogP contribution >= 0.6 is 0 Å². The molecule has 0 saturated heterocycles. The molecular weight excluding hydrogens is 280 g/mol. The van der Waals surface area contributed by atoms with Crippen molar-refractivity contribution in [2.45, 2.75) is 26.1 Å². The molecule has 4 nitrogen and oxygen atoms in total. The van der Waals surface area contributed by atoms with Crippen LogP contribution in [0.4, 0.5) is 0 Å². The van der Waals surface area contributed by atoms with Crippen molar-refractivity contribution in [3.05, 3.63) is 65.7 Å². The summed E-state index contributed by atoms with van der Waals surface area (Å²) in [5, 5.41) is 11.0. The van der Waals surface area contributed by atoms with Crippen molar-refractivity contribution in [1.82, 2.24) is 0 Å². The summed E-state index contributed by atoms with van der Waals surface area (Å²) in [6, 6.07) is 17.2. The maximum absolute atomic E-state index is 11.0. The van der Waals surface area contributed by atoms with Gasteiger partial charge in [0, 0.05) is 13.0 Å². The van der Waals surface area contributed by atoms with E-state index >= 15 is 0 Å². The molecule has 0 aliphatic heterocycles. The van der Waals surface area contributed by atoms with Crippen LogP contribution in [0.2, 0.25) is 0 Å². The van der Waals surface area contributed by atoms with Gasteiger partial charge in [0.15, 0.2) is 0 Å². The predicted molar refractivity (Wildman–Crippen MR) is 81.3 cm³/mol. The molecule has 1 unspecified atom stereocenters. The Morgan fingerprint density at radius 2 is 1.73 bits per heavy atom. The molecule has 0 fully saturated rings. The summed E-state index contributed by atoms with van der Waals surface area (Å²) in [5.41, 5.74) is 1.97. The highest BCUT2D eigenvalue weighted by Crippen LogP contribution is 2.16. The first-order valence-electron chi connectivity index (χ1n) is 7.27. The minimum Gasteiger partial charge on any atom is -0.547 e. The average molecular weight is 299 g/mol. The Balaban J connectivity index is 1.91. The second-order valence-corrected chi connectivity index (χ2v) is 4.89. The van der Waals surface area contributed by atoms with Crippen molar-refractivity contribution in [2.24, 2.45) is 0 Å². The highest BCUT2D eigenvalue weighted by Gasteiger charge is 2.10. The van der Waals surface area contributed by atoms with Gasteiger partial charge >= 0.3 is 0 Å². The van der Waals surface area contributed by atoms with E-state index in [9.17, 15) is 9.90 Å². The van der Waals surface area contributed by atoms with E-state index in [-0.39, 0.29) is 6.42 Å². The smallest absolute Gasteiger partial charge is 0.119 e. The number of aliphatic carboxylic acids is 1. The van der Waals surface area contributed by atoms with Gasteiger partial charge in [0.2, 0.25) is 0 Å². The first kappa shape index (κ1) is 16.0. The van der Waals surface area contributed by atoms with E-state index in [1.165, 1.54) is 0 Å². The summed E-state index contributed by atoms with van der Waals surface area (Å²) >= 11 is 0. The van der Waals surface area contributed by atoms with Crippen LogP contribution in [-0.2, 0) is 22.6 Å². The molecule has 4 heteroatoms. The van der Waals surface area contributed by atoms with E-state index in [1.807, 2.05) is 54.6 Å². The minimum absolute atomic E-state index is 0.287. The van der Waals surface area contributed by atoms with Crippen molar-refractivity contribution in [1.29, 1.82) is 0 Å². The molecular formula is C18H19O4-. The van der Waals surface area contributed by atoms with Crippen LogP contribution in [0.5, 0.6) is 5.75 Å². The number of hydrogen-bond acceptors (Lipinski definition) is 4. The summed E-state index contributed by atoms with van der Waals surface area (Å²) in [5.74, 6) is -0.444. The van der Waals surface area contributed by atoms with Gasteiger partial charge in [-0.2, -0.15) is 0 Å². The molecule has 0 aliphatic carbocycles. The molecule has 2 rings (SSSR count). The molecule has 0 aliphatic rings. The number of hydrogen-bond donors (Lipinski definition) is 0. The summed E-state index contributed by atoms with van der Waals surface area (Å²) in [6.07, 6.45) is -0.629. The normalized spacial score (nSPS) is 11.9. The van der Waals surface area contributed by atoms with Crippen LogP contribution < -0.4 is 9.84 Å². The third-order valence-electron chi connectivity index (χ3n) is 3.22. The molecule has 2 aromatic rings. The van der Waals surface area contributed by atoms with Crippen LogP contribution in [0.15, 0.2) is 54.6 Å². The molecule has 22 heavy (non-hydrogen) atoms. The predicted octanol–water partition coefficient (Wildman–Crippen LogP) is 1.96. The summed E-state index contributed by atoms with van der Waals surface area (Å²) in [6.45, 7) is 2.61. The van der Waals surface area contributed by atoms with Crippen LogP contribution in [0.3, 0.4) is 0 Å². The lowest BCUT2D eigenvalue weighted by Gasteiger charge is -2.18. The summed E-state index contributed by atoms with van der Waals surface area (Å²) < 4.78 is 10.8. The van der Waals surface area contributed by atoms with E-state index in [2.05, 4.69) is 0 Å². The Kier molecular flexibility index (Phi) is 5.98. The third kappa shape index (κ3) is 4.90. The van der Waals surface area contributed by atoms with E-state index in [1.54, 1.807) is 6.92 Å². The van der Waals surface area contributed by atoms with Gasteiger partial charge in [0.25, 0.3) is 0 Å². The second-order valence-electron chi connectivity index (χ2n) is 4.89. The Hall–Kier alpha value is -2.33. The maximum atomic E-state index is 11.0. The Bertz CT molecular complexity index is 578. The number of carbonyl (C=O) groups is 1. The van der Waals surface area contributed by atoms with Gasteiger partial charge in [-0.3, -0.25) is 0 Å². The van der Waals surface area contributed by atoms with Gasteiger partial charge in [-0.05, 0) is 30.2 Å². The standard InChI is InChI=1S/C18H20O4/c1-2-21-17(18(19)20)12-14-8-10-16(11-9-14)22-13-15-6-4-3-5-7-15/h3-11,17H,2,12-13H2,1H3,(H,19,20)/p-1. The SMILES string of the molecule is CCOC(Cc1ccc(OCc2ccccc2)cc1)C(=O)[O-]. The van der Waals surface area contributed by atoms with Gasteiger partial charge in [-0.1, -0.05) is 42.5 Å². The zero-order valence-corrected chi connectivity index (χ0v) is 12.5. The van der Waals surface area contributed by atoms with E-state index in [0.717, 1.165) is 16.9 Å². The van der Waals surface area contributed by atoms with Crippen molar-refractivity contribution in [2.75, 3.05) is 6.61 Å². The molecule has 0 amide bonds. The lowest BCUT2D eigenvalue weighted by molar-refractivity contribution is -0.316. The van der Waals surface area contributed by atoms with Gasteiger partial charge in [0.05, 0.1) is 5.97 Å². The monoisotopic (exact) mass is 299 g/mol. The third-order valence-corrected chi connectivity index (χ3v) is 3.22. The highest BCUT2D eigenvalue weighted by atomic mass is 16.5. The lowest BCUT2D eigenvalue weighted by atomic mass is 10.1. The number of carboxylic acids is 1. The maximum Gasteiger partial charge on any atom is 0.119 e. The van der Waals surface area contributed by atoms with Gasteiger partial charge in [0.1, 0.15) is 18.5 Å². The lowest BCUT2D eigenvalue weighted by Crippen LogP contribution is -2.39. The first-order valence-corrected chi connectivity index (χ1v) is 7.27. The molecule has 116 valence electrons. The van der Waals surface area contributed by atoms with Crippen LogP contribution in [0.1, 0.15) is 18.1 Å². The number of carbonyl (C=O) groups excluding carboxylic acids is 1. The van der Waals surface area contributed by atoms with Gasteiger partial charge in [-0.15, -0.1) is 0 Å². The number of ether oxygens (including phenoxy) is 2. The van der Waals surface area contributed by atoms with E-state index in [4.69, 9.17) is 9.47 Å². The molecule has 0 radical (unpaired) electrons. The molecule has 0 N–H and O–H groups in total. The molecule has 0 saturated carbocycles. The fourth-order valence-electron chi connectivity index (χ4n) is 2.09.